The lowest BCUT2D eigenvalue weighted by Gasteiger charge is -2.31. The topological polar surface area (TPSA) is 20.2 Å². The number of aliphatic hydroxyl groups is 1. The van der Waals surface area contributed by atoms with Gasteiger partial charge < -0.3 is 5.11 Å². The fraction of sp³-hybridized carbons (Fsp3) is 0.800. The standard InChI is InChI=1S/C10H16O/c11-10-6-5-8-3-1-2-4-9(8)7-10/h3,9-11H,1-2,4-7H2/t9-,10-/m0/s1. The van der Waals surface area contributed by atoms with Crippen molar-refractivity contribution >= 4 is 0 Å². The van der Waals surface area contributed by atoms with E-state index < -0.39 is 0 Å². The molecule has 0 aromatic heterocycles. The highest BCUT2D eigenvalue weighted by Crippen LogP contribution is 2.36. The molecular formula is C10H16O. The molecule has 0 bridgehead atoms. The quantitative estimate of drug-likeness (QED) is 0.528. The van der Waals surface area contributed by atoms with Gasteiger partial charge in [0.25, 0.3) is 0 Å². The van der Waals surface area contributed by atoms with Crippen molar-refractivity contribution in [3.05, 3.63) is 11.6 Å². The molecule has 0 unspecified atom stereocenters. The van der Waals surface area contributed by atoms with Crippen molar-refractivity contribution in [3.8, 4) is 0 Å². The zero-order valence-corrected chi connectivity index (χ0v) is 6.92. The Hall–Kier alpha value is -0.300. The molecule has 0 spiro atoms. The van der Waals surface area contributed by atoms with Crippen molar-refractivity contribution in [2.45, 2.75) is 44.6 Å². The molecule has 1 heteroatoms. The molecule has 0 aromatic carbocycles. The van der Waals surface area contributed by atoms with Gasteiger partial charge in [-0.3, -0.25) is 0 Å². The van der Waals surface area contributed by atoms with Crippen LogP contribution in [0.4, 0.5) is 0 Å². The molecule has 62 valence electrons. The molecule has 0 amide bonds. The second-order valence-electron chi connectivity index (χ2n) is 3.84. The SMILES string of the molecule is O[C@H]1CCC2=CCCC[C@H]2C1. The van der Waals surface area contributed by atoms with Crippen molar-refractivity contribution in [1.29, 1.82) is 0 Å². The third-order valence-corrected chi connectivity index (χ3v) is 3.01. The summed E-state index contributed by atoms with van der Waals surface area (Å²) in [5.74, 6) is 0.743. The van der Waals surface area contributed by atoms with E-state index in [0.717, 1.165) is 25.2 Å². The first-order valence-corrected chi connectivity index (χ1v) is 4.73. The molecule has 1 fully saturated rings. The number of hydrogen-bond acceptors (Lipinski definition) is 1. The predicted molar refractivity (Wildman–Crippen MR) is 45.3 cm³/mol. The summed E-state index contributed by atoms with van der Waals surface area (Å²) in [6.07, 6.45) is 9.53. The highest BCUT2D eigenvalue weighted by molar-refractivity contribution is 5.12. The van der Waals surface area contributed by atoms with E-state index in [0.29, 0.717) is 0 Å². The van der Waals surface area contributed by atoms with Gasteiger partial charge in [0.05, 0.1) is 6.10 Å². The van der Waals surface area contributed by atoms with Gasteiger partial charge in [0.2, 0.25) is 0 Å². The fourth-order valence-electron chi connectivity index (χ4n) is 2.36. The van der Waals surface area contributed by atoms with E-state index in [-0.39, 0.29) is 6.10 Å². The van der Waals surface area contributed by atoms with Crippen LogP contribution in [0.15, 0.2) is 11.6 Å². The van der Waals surface area contributed by atoms with Gasteiger partial charge in [-0.1, -0.05) is 11.6 Å². The first kappa shape index (κ1) is 7.35. The number of rotatable bonds is 0. The van der Waals surface area contributed by atoms with E-state index in [9.17, 15) is 5.11 Å². The Morgan fingerprint density at radius 1 is 1.36 bits per heavy atom. The molecule has 0 aromatic rings. The summed E-state index contributed by atoms with van der Waals surface area (Å²) in [5.41, 5.74) is 1.64. The molecule has 2 aliphatic carbocycles. The van der Waals surface area contributed by atoms with E-state index in [1.54, 1.807) is 5.57 Å². The zero-order chi connectivity index (χ0) is 7.68. The van der Waals surface area contributed by atoms with Crippen molar-refractivity contribution in [1.82, 2.24) is 0 Å². The van der Waals surface area contributed by atoms with Crippen molar-refractivity contribution < 1.29 is 5.11 Å². The Labute approximate surface area is 68.1 Å². The van der Waals surface area contributed by atoms with E-state index in [4.69, 9.17) is 0 Å². The minimum Gasteiger partial charge on any atom is -0.393 e. The summed E-state index contributed by atoms with van der Waals surface area (Å²) >= 11 is 0. The summed E-state index contributed by atoms with van der Waals surface area (Å²) in [6.45, 7) is 0. The predicted octanol–water partition coefficient (Wildman–Crippen LogP) is 2.26. The lowest BCUT2D eigenvalue weighted by Crippen LogP contribution is -2.23. The van der Waals surface area contributed by atoms with Crippen molar-refractivity contribution in [3.63, 3.8) is 0 Å². The average molecular weight is 152 g/mol. The van der Waals surface area contributed by atoms with Crippen LogP contribution in [-0.4, -0.2) is 11.2 Å². The van der Waals surface area contributed by atoms with Gasteiger partial charge in [-0.05, 0) is 44.4 Å². The Morgan fingerprint density at radius 2 is 2.27 bits per heavy atom. The van der Waals surface area contributed by atoms with Crippen LogP contribution in [0.5, 0.6) is 0 Å². The monoisotopic (exact) mass is 152 g/mol. The second-order valence-corrected chi connectivity index (χ2v) is 3.84. The Morgan fingerprint density at radius 3 is 3.18 bits per heavy atom. The average Bonchev–Trinajstić information content (AvgIpc) is 2.04. The third-order valence-electron chi connectivity index (χ3n) is 3.01. The van der Waals surface area contributed by atoms with Crippen LogP contribution in [-0.2, 0) is 0 Å². The van der Waals surface area contributed by atoms with Crippen LogP contribution < -0.4 is 0 Å². The maximum atomic E-state index is 9.42. The van der Waals surface area contributed by atoms with Crippen LogP contribution >= 0.6 is 0 Å². The van der Waals surface area contributed by atoms with Crippen molar-refractivity contribution in [2.75, 3.05) is 0 Å². The molecule has 1 saturated carbocycles. The van der Waals surface area contributed by atoms with Gasteiger partial charge in [0.15, 0.2) is 0 Å². The third kappa shape index (κ3) is 1.48. The first-order chi connectivity index (χ1) is 5.36. The van der Waals surface area contributed by atoms with Gasteiger partial charge in [-0.2, -0.15) is 0 Å². The Kier molecular flexibility index (Phi) is 1.99. The van der Waals surface area contributed by atoms with Crippen molar-refractivity contribution in [2.24, 2.45) is 5.92 Å². The smallest absolute Gasteiger partial charge is 0.0549 e. The highest BCUT2D eigenvalue weighted by atomic mass is 16.3. The van der Waals surface area contributed by atoms with Crippen LogP contribution in [0.3, 0.4) is 0 Å². The molecule has 2 aliphatic rings. The Balaban J connectivity index is 2.06. The largest absolute Gasteiger partial charge is 0.393 e. The van der Waals surface area contributed by atoms with E-state index in [2.05, 4.69) is 6.08 Å². The minimum absolute atomic E-state index is 0.00440. The van der Waals surface area contributed by atoms with Gasteiger partial charge >= 0.3 is 0 Å². The number of allylic oxidation sites excluding steroid dienone is 2. The van der Waals surface area contributed by atoms with E-state index in [1.807, 2.05) is 0 Å². The maximum absolute atomic E-state index is 9.42. The molecule has 0 aliphatic heterocycles. The maximum Gasteiger partial charge on any atom is 0.0549 e. The van der Waals surface area contributed by atoms with Crippen LogP contribution in [0.25, 0.3) is 0 Å². The number of fused-ring (bicyclic) bond motifs is 1. The van der Waals surface area contributed by atoms with E-state index >= 15 is 0 Å². The van der Waals surface area contributed by atoms with Gasteiger partial charge in [-0.15, -0.1) is 0 Å². The molecule has 0 heterocycles. The highest BCUT2D eigenvalue weighted by Gasteiger charge is 2.25. The second kappa shape index (κ2) is 2.98. The minimum atomic E-state index is -0.00440. The van der Waals surface area contributed by atoms with Crippen LogP contribution in [0, 0.1) is 5.92 Å². The van der Waals surface area contributed by atoms with Crippen LogP contribution in [0.1, 0.15) is 38.5 Å². The molecule has 11 heavy (non-hydrogen) atoms. The lowest BCUT2D eigenvalue weighted by molar-refractivity contribution is 0.117. The van der Waals surface area contributed by atoms with Gasteiger partial charge in [0, 0.05) is 0 Å². The lowest BCUT2D eigenvalue weighted by atomic mass is 9.77. The molecule has 0 saturated heterocycles. The first-order valence-electron chi connectivity index (χ1n) is 4.73. The molecule has 2 rings (SSSR count). The van der Waals surface area contributed by atoms with Crippen LogP contribution in [0.2, 0.25) is 0 Å². The summed E-state index contributed by atoms with van der Waals surface area (Å²) in [4.78, 5) is 0. The summed E-state index contributed by atoms with van der Waals surface area (Å²) in [7, 11) is 0. The zero-order valence-electron chi connectivity index (χ0n) is 6.92. The molecule has 1 N–H and O–H groups in total. The summed E-state index contributed by atoms with van der Waals surface area (Å²) in [5, 5.41) is 9.42. The number of hydrogen-bond donors (Lipinski definition) is 1. The van der Waals surface area contributed by atoms with Gasteiger partial charge in [0.1, 0.15) is 0 Å². The fourth-order valence-corrected chi connectivity index (χ4v) is 2.36. The summed E-state index contributed by atoms with van der Waals surface area (Å²) in [6, 6.07) is 0. The normalized spacial score (nSPS) is 37.7. The summed E-state index contributed by atoms with van der Waals surface area (Å²) < 4.78 is 0. The van der Waals surface area contributed by atoms with E-state index in [1.165, 1.54) is 19.3 Å². The molecular weight excluding hydrogens is 136 g/mol. The number of aliphatic hydroxyl groups excluding tert-OH is 1. The molecule has 0 radical (unpaired) electrons. The molecule has 2 atom stereocenters. The Bertz CT molecular complexity index is 172. The molecule has 1 nitrogen and oxygen atoms in total. The van der Waals surface area contributed by atoms with Gasteiger partial charge in [-0.25, -0.2) is 0 Å².